The van der Waals surface area contributed by atoms with Crippen LogP contribution < -0.4 is 9.47 Å². The van der Waals surface area contributed by atoms with E-state index in [4.69, 9.17) is 19.8 Å². The van der Waals surface area contributed by atoms with Gasteiger partial charge in [0.15, 0.2) is 0 Å². The van der Waals surface area contributed by atoms with Crippen molar-refractivity contribution in [3.63, 3.8) is 0 Å². The van der Waals surface area contributed by atoms with E-state index in [1.807, 2.05) is 0 Å². The highest BCUT2D eigenvalue weighted by molar-refractivity contribution is 5.96. The van der Waals surface area contributed by atoms with Crippen molar-refractivity contribution in [2.75, 3.05) is 7.11 Å². The van der Waals surface area contributed by atoms with E-state index < -0.39 is 5.97 Å². The highest BCUT2D eigenvalue weighted by Gasteiger charge is 2.05. The molecule has 0 aliphatic rings. The summed E-state index contributed by atoms with van der Waals surface area (Å²) in [6.45, 7) is 0. The molecule has 0 aliphatic heterocycles. The Morgan fingerprint density at radius 2 is 1.55 bits per heavy atom. The fraction of sp³-hybridized carbons (Fsp3) is 0.0588. The molecule has 0 saturated heterocycles. The molecule has 0 saturated carbocycles. The number of hydrogen-bond acceptors (Lipinski definition) is 4. The predicted octanol–water partition coefficient (Wildman–Crippen LogP) is 3.48. The number of carboxylic acid groups (broad SMARTS) is 1. The molecule has 0 radical (unpaired) electrons. The number of aliphatic carboxylic acids is 1. The standard InChI is InChI=1S/C17H13NO4/c1-21-14-6-8-16(9-7-14)22-15-4-2-12(3-5-15)10-13(11-18)17(19)20/h2-10H,1H3,(H,19,20). The van der Waals surface area contributed by atoms with Gasteiger partial charge in [0, 0.05) is 0 Å². The molecule has 0 spiro atoms. The number of carboxylic acids is 1. The second-order valence-corrected chi connectivity index (χ2v) is 4.32. The molecular formula is C17H13NO4. The van der Waals surface area contributed by atoms with Crippen LogP contribution in [0.5, 0.6) is 17.2 Å². The van der Waals surface area contributed by atoms with Gasteiger partial charge in [-0.2, -0.15) is 5.26 Å². The Balaban J connectivity index is 2.11. The highest BCUT2D eigenvalue weighted by atomic mass is 16.5. The average Bonchev–Trinajstić information content (AvgIpc) is 2.54. The summed E-state index contributed by atoms with van der Waals surface area (Å²) in [4.78, 5) is 10.8. The van der Waals surface area contributed by atoms with Crippen molar-refractivity contribution in [2.45, 2.75) is 0 Å². The van der Waals surface area contributed by atoms with Crippen molar-refractivity contribution in [3.05, 3.63) is 59.7 Å². The number of carbonyl (C=O) groups is 1. The molecule has 0 bridgehead atoms. The Morgan fingerprint density at radius 3 is 2.00 bits per heavy atom. The third-order valence-corrected chi connectivity index (χ3v) is 2.84. The van der Waals surface area contributed by atoms with E-state index in [0.717, 1.165) is 5.75 Å². The highest BCUT2D eigenvalue weighted by Crippen LogP contribution is 2.24. The van der Waals surface area contributed by atoms with Crippen molar-refractivity contribution >= 4 is 12.0 Å². The summed E-state index contributed by atoms with van der Waals surface area (Å²) in [7, 11) is 1.59. The second-order valence-electron chi connectivity index (χ2n) is 4.32. The van der Waals surface area contributed by atoms with E-state index in [1.165, 1.54) is 6.08 Å². The van der Waals surface area contributed by atoms with Gasteiger partial charge < -0.3 is 14.6 Å². The van der Waals surface area contributed by atoms with E-state index in [1.54, 1.807) is 61.7 Å². The zero-order valence-corrected chi connectivity index (χ0v) is 11.8. The maximum absolute atomic E-state index is 10.8. The van der Waals surface area contributed by atoms with Gasteiger partial charge in [0.1, 0.15) is 28.9 Å². The van der Waals surface area contributed by atoms with Crippen molar-refractivity contribution in [3.8, 4) is 23.3 Å². The number of hydrogen-bond donors (Lipinski definition) is 1. The van der Waals surface area contributed by atoms with E-state index in [0.29, 0.717) is 17.1 Å². The summed E-state index contributed by atoms with van der Waals surface area (Å²) in [6.07, 6.45) is 1.31. The average molecular weight is 295 g/mol. The smallest absolute Gasteiger partial charge is 0.346 e. The zero-order chi connectivity index (χ0) is 15.9. The van der Waals surface area contributed by atoms with Crippen LogP contribution in [0.3, 0.4) is 0 Å². The number of methoxy groups -OCH3 is 1. The van der Waals surface area contributed by atoms with Crippen LogP contribution in [0.4, 0.5) is 0 Å². The Hall–Kier alpha value is -3.26. The minimum atomic E-state index is -1.25. The van der Waals surface area contributed by atoms with Crippen LogP contribution in [-0.2, 0) is 4.79 Å². The molecule has 110 valence electrons. The third kappa shape index (κ3) is 3.87. The number of nitrogens with zero attached hydrogens (tertiary/aromatic N) is 1. The summed E-state index contributed by atoms with van der Waals surface area (Å²) in [5.74, 6) is 0.759. The van der Waals surface area contributed by atoms with Crippen LogP contribution in [0.1, 0.15) is 5.56 Å². The topological polar surface area (TPSA) is 79.5 Å². The normalized spacial score (nSPS) is 10.6. The van der Waals surface area contributed by atoms with Gasteiger partial charge in [-0.1, -0.05) is 12.1 Å². The molecule has 0 atom stereocenters. The van der Waals surface area contributed by atoms with Crippen molar-refractivity contribution in [1.82, 2.24) is 0 Å². The molecule has 22 heavy (non-hydrogen) atoms. The summed E-state index contributed by atoms with van der Waals surface area (Å²) >= 11 is 0. The zero-order valence-electron chi connectivity index (χ0n) is 11.8. The van der Waals surface area contributed by atoms with Gasteiger partial charge in [-0.3, -0.25) is 0 Å². The van der Waals surface area contributed by atoms with Gasteiger partial charge >= 0.3 is 5.97 Å². The minimum Gasteiger partial charge on any atom is -0.497 e. The fourth-order valence-corrected chi connectivity index (χ4v) is 1.72. The molecular weight excluding hydrogens is 282 g/mol. The van der Waals surface area contributed by atoms with Gasteiger partial charge in [0.2, 0.25) is 0 Å². The lowest BCUT2D eigenvalue weighted by Crippen LogP contribution is -1.97. The molecule has 0 aliphatic carbocycles. The third-order valence-electron chi connectivity index (χ3n) is 2.84. The molecule has 0 aromatic heterocycles. The molecule has 2 rings (SSSR count). The SMILES string of the molecule is COc1ccc(Oc2ccc(C=C(C#N)C(=O)O)cc2)cc1. The van der Waals surface area contributed by atoms with Crippen LogP contribution in [0.25, 0.3) is 6.08 Å². The van der Waals surface area contributed by atoms with Crippen LogP contribution in [-0.4, -0.2) is 18.2 Å². The van der Waals surface area contributed by atoms with Gasteiger partial charge in [-0.15, -0.1) is 0 Å². The van der Waals surface area contributed by atoms with E-state index in [2.05, 4.69) is 0 Å². The summed E-state index contributed by atoms with van der Waals surface area (Å²) < 4.78 is 10.7. The van der Waals surface area contributed by atoms with Gasteiger partial charge in [0.25, 0.3) is 0 Å². The predicted molar refractivity (Wildman–Crippen MR) is 80.7 cm³/mol. The van der Waals surface area contributed by atoms with Crippen LogP contribution >= 0.6 is 0 Å². The first-order valence-electron chi connectivity index (χ1n) is 6.39. The molecule has 2 aromatic carbocycles. The molecule has 5 nitrogen and oxygen atoms in total. The first kappa shape index (κ1) is 15.1. The molecule has 0 unspecified atom stereocenters. The van der Waals surface area contributed by atoms with Crippen LogP contribution in [0, 0.1) is 11.3 Å². The largest absolute Gasteiger partial charge is 0.497 e. The van der Waals surface area contributed by atoms with Gasteiger partial charge in [-0.25, -0.2) is 4.79 Å². The maximum Gasteiger partial charge on any atom is 0.346 e. The number of nitriles is 1. The lowest BCUT2D eigenvalue weighted by molar-refractivity contribution is -0.132. The van der Waals surface area contributed by atoms with Crippen LogP contribution in [0.15, 0.2) is 54.1 Å². The lowest BCUT2D eigenvalue weighted by Gasteiger charge is -2.06. The number of rotatable bonds is 5. The first-order valence-corrected chi connectivity index (χ1v) is 6.39. The lowest BCUT2D eigenvalue weighted by atomic mass is 10.1. The van der Waals surface area contributed by atoms with E-state index in [-0.39, 0.29) is 5.57 Å². The fourth-order valence-electron chi connectivity index (χ4n) is 1.72. The summed E-state index contributed by atoms with van der Waals surface area (Å²) in [6, 6.07) is 15.5. The Kier molecular flexibility index (Phi) is 4.78. The van der Waals surface area contributed by atoms with Crippen LogP contribution in [0.2, 0.25) is 0 Å². The van der Waals surface area contributed by atoms with Gasteiger partial charge in [0.05, 0.1) is 7.11 Å². The Bertz CT molecular complexity index is 725. The van der Waals surface area contributed by atoms with Gasteiger partial charge in [-0.05, 0) is 48.0 Å². The quantitative estimate of drug-likeness (QED) is 0.674. The Morgan fingerprint density at radius 1 is 1.05 bits per heavy atom. The van der Waals surface area contributed by atoms with E-state index in [9.17, 15) is 4.79 Å². The summed E-state index contributed by atoms with van der Waals surface area (Å²) in [5, 5.41) is 17.5. The molecule has 1 N–H and O–H groups in total. The summed E-state index contributed by atoms with van der Waals surface area (Å²) in [5.41, 5.74) is 0.296. The molecule has 0 fully saturated rings. The monoisotopic (exact) mass is 295 g/mol. The van der Waals surface area contributed by atoms with Crippen molar-refractivity contribution < 1.29 is 19.4 Å². The van der Waals surface area contributed by atoms with Crippen molar-refractivity contribution in [1.29, 1.82) is 5.26 Å². The Labute approximate surface area is 127 Å². The number of benzene rings is 2. The molecule has 0 heterocycles. The van der Waals surface area contributed by atoms with E-state index >= 15 is 0 Å². The maximum atomic E-state index is 10.8. The second kappa shape index (κ2) is 6.95. The molecule has 0 amide bonds. The molecule has 5 heteroatoms. The minimum absolute atomic E-state index is 0.316. The first-order chi connectivity index (χ1) is 10.6. The van der Waals surface area contributed by atoms with Crippen molar-refractivity contribution in [2.24, 2.45) is 0 Å². The number of ether oxygens (including phenoxy) is 2. The molecule has 2 aromatic rings.